The van der Waals surface area contributed by atoms with Crippen LogP contribution < -0.4 is 0 Å². The van der Waals surface area contributed by atoms with Crippen molar-refractivity contribution in [2.24, 2.45) is 5.41 Å². The second kappa shape index (κ2) is 7.64. The Bertz CT molecular complexity index is 1020. The molecule has 0 aromatic carbocycles. The van der Waals surface area contributed by atoms with Crippen LogP contribution in [0.1, 0.15) is 42.1 Å². The molecule has 0 aliphatic carbocycles. The number of hydrogen-bond acceptors (Lipinski definition) is 7. The Balaban J connectivity index is 1.44. The predicted octanol–water partition coefficient (Wildman–Crippen LogP) is 2.38. The van der Waals surface area contributed by atoms with E-state index in [1.54, 1.807) is 23.1 Å². The normalized spacial score (nSPS) is 20.7. The van der Waals surface area contributed by atoms with Gasteiger partial charge in [0.2, 0.25) is 11.8 Å². The van der Waals surface area contributed by atoms with Gasteiger partial charge in [-0.05, 0) is 38.0 Å². The summed E-state index contributed by atoms with van der Waals surface area (Å²) in [6, 6.07) is 5.47. The topological polar surface area (TPSA) is 99.2 Å². The van der Waals surface area contributed by atoms with E-state index in [9.17, 15) is 4.79 Å². The average molecular weight is 408 g/mol. The first-order chi connectivity index (χ1) is 14.7. The van der Waals surface area contributed by atoms with E-state index in [1.807, 2.05) is 30.2 Å². The van der Waals surface area contributed by atoms with Gasteiger partial charge in [-0.25, -0.2) is 0 Å². The summed E-state index contributed by atoms with van der Waals surface area (Å²) in [4.78, 5) is 19.1. The number of aromatic nitrogens is 5. The molecule has 3 aromatic heterocycles. The highest BCUT2D eigenvalue weighted by Gasteiger charge is 2.51. The molecule has 9 heteroatoms. The second-order valence-corrected chi connectivity index (χ2v) is 7.95. The van der Waals surface area contributed by atoms with Crippen molar-refractivity contribution in [3.63, 3.8) is 0 Å². The number of likely N-dealkylation sites (tertiary alicyclic amines) is 1. The van der Waals surface area contributed by atoms with E-state index in [4.69, 9.17) is 9.15 Å². The van der Waals surface area contributed by atoms with Crippen LogP contribution in [0.25, 0.3) is 11.5 Å². The summed E-state index contributed by atoms with van der Waals surface area (Å²) in [5.74, 6) is 0.977. The molecule has 0 saturated carbocycles. The van der Waals surface area contributed by atoms with Crippen molar-refractivity contribution >= 4 is 5.91 Å². The Kier molecular flexibility index (Phi) is 4.82. The van der Waals surface area contributed by atoms with Crippen molar-refractivity contribution < 1.29 is 13.9 Å². The lowest BCUT2D eigenvalue weighted by Crippen LogP contribution is -2.37. The van der Waals surface area contributed by atoms with Crippen LogP contribution in [0, 0.1) is 5.41 Å². The van der Waals surface area contributed by atoms with Crippen LogP contribution in [-0.4, -0.2) is 62.1 Å². The lowest BCUT2D eigenvalue weighted by Gasteiger charge is -2.36. The van der Waals surface area contributed by atoms with Crippen LogP contribution in [0.4, 0.5) is 0 Å². The van der Waals surface area contributed by atoms with Crippen molar-refractivity contribution in [3.05, 3.63) is 48.4 Å². The molecular weight excluding hydrogens is 384 g/mol. The van der Waals surface area contributed by atoms with E-state index in [2.05, 4.69) is 20.3 Å². The largest absolute Gasteiger partial charge is 0.420 e. The van der Waals surface area contributed by atoms with Gasteiger partial charge >= 0.3 is 0 Å². The number of hydrogen-bond donors (Lipinski definition) is 0. The minimum atomic E-state index is -0.122. The summed E-state index contributed by atoms with van der Waals surface area (Å²) in [6.45, 7) is 5.27. The SMILES string of the molecule is CCn1ccc(C(=O)N2CC(c3nnc(-c4ccncc4)o3)C3(CCOCC3)C2)n1. The molecule has 30 heavy (non-hydrogen) atoms. The maximum atomic E-state index is 13.2. The molecule has 1 atom stereocenters. The molecule has 5 rings (SSSR count). The number of carbonyl (C=O) groups excluding carboxylic acids is 1. The van der Waals surface area contributed by atoms with Gasteiger partial charge in [0.05, 0.1) is 5.92 Å². The zero-order chi connectivity index (χ0) is 20.6. The molecule has 1 unspecified atom stereocenters. The van der Waals surface area contributed by atoms with Crippen LogP contribution in [0.5, 0.6) is 0 Å². The summed E-state index contributed by atoms with van der Waals surface area (Å²) in [5, 5.41) is 13.0. The number of carbonyl (C=O) groups is 1. The minimum absolute atomic E-state index is 0.0262. The monoisotopic (exact) mass is 408 g/mol. The van der Waals surface area contributed by atoms with Crippen LogP contribution in [-0.2, 0) is 11.3 Å². The molecule has 2 aliphatic heterocycles. The lowest BCUT2D eigenvalue weighted by molar-refractivity contribution is 0.00905. The van der Waals surface area contributed by atoms with E-state index >= 15 is 0 Å². The maximum Gasteiger partial charge on any atom is 0.274 e. The first-order valence-electron chi connectivity index (χ1n) is 10.3. The van der Waals surface area contributed by atoms with Crippen LogP contribution in [0.15, 0.2) is 41.2 Å². The molecule has 0 radical (unpaired) electrons. The van der Waals surface area contributed by atoms with Crippen molar-refractivity contribution in [1.82, 2.24) is 29.9 Å². The van der Waals surface area contributed by atoms with Crippen molar-refractivity contribution in [3.8, 4) is 11.5 Å². The van der Waals surface area contributed by atoms with Gasteiger partial charge < -0.3 is 14.1 Å². The predicted molar refractivity (Wildman–Crippen MR) is 107 cm³/mol. The minimum Gasteiger partial charge on any atom is -0.420 e. The molecule has 1 amide bonds. The maximum absolute atomic E-state index is 13.2. The molecule has 3 aromatic rings. The Morgan fingerprint density at radius 2 is 2.00 bits per heavy atom. The zero-order valence-electron chi connectivity index (χ0n) is 16.9. The molecule has 5 heterocycles. The second-order valence-electron chi connectivity index (χ2n) is 7.95. The van der Waals surface area contributed by atoms with Gasteiger partial charge in [0, 0.05) is 62.4 Å². The molecule has 1 spiro atoms. The highest BCUT2D eigenvalue weighted by atomic mass is 16.5. The number of rotatable bonds is 4. The number of amides is 1. The van der Waals surface area contributed by atoms with E-state index in [0.29, 0.717) is 43.8 Å². The summed E-state index contributed by atoms with van der Waals surface area (Å²) < 4.78 is 13.5. The van der Waals surface area contributed by atoms with Crippen molar-refractivity contribution in [1.29, 1.82) is 0 Å². The third-order valence-electron chi connectivity index (χ3n) is 6.27. The summed E-state index contributed by atoms with van der Waals surface area (Å²) in [6.07, 6.45) is 6.95. The number of ether oxygens (including phenoxy) is 1. The standard InChI is InChI=1S/C21H24N6O3/c1-2-27-10-5-17(25-27)20(28)26-13-16(21(14-26)6-11-29-12-7-21)19-24-23-18(30-19)15-3-8-22-9-4-15/h3-5,8-10,16H,2,6-7,11-14H2,1H3. The van der Waals surface area contributed by atoms with E-state index < -0.39 is 0 Å². The molecule has 2 saturated heterocycles. The van der Waals surface area contributed by atoms with Crippen LogP contribution in [0.2, 0.25) is 0 Å². The smallest absolute Gasteiger partial charge is 0.274 e. The van der Waals surface area contributed by atoms with Crippen LogP contribution >= 0.6 is 0 Å². The molecule has 0 N–H and O–H groups in total. The van der Waals surface area contributed by atoms with Gasteiger partial charge in [-0.15, -0.1) is 10.2 Å². The fourth-order valence-electron chi connectivity index (χ4n) is 4.55. The fraction of sp³-hybridized carbons (Fsp3) is 0.476. The molecule has 2 aliphatic rings. The highest BCUT2D eigenvalue weighted by Crippen LogP contribution is 2.49. The third kappa shape index (κ3) is 3.28. The third-order valence-corrected chi connectivity index (χ3v) is 6.27. The molecule has 156 valence electrons. The Labute approximate surface area is 174 Å². The fourth-order valence-corrected chi connectivity index (χ4v) is 4.55. The number of nitrogens with zero attached hydrogens (tertiary/aromatic N) is 6. The Morgan fingerprint density at radius 3 is 2.73 bits per heavy atom. The quantitative estimate of drug-likeness (QED) is 0.653. The van der Waals surface area contributed by atoms with E-state index in [0.717, 1.165) is 24.9 Å². The first kappa shape index (κ1) is 18.9. The highest BCUT2D eigenvalue weighted by molar-refractivity contribution is 5.92. The molecule has 9 nitrogen and oxygen atoms in total. The van der Waals surface area contributed by atoms with Gasteiger partial charge in [0.1, 0.15) is 5.69 Å². The number of aryl methyl sites for hydroxylation is 1. The first-order valence-corrected chi connectivity index (χ1v) is 10.3. The molecular formula is C21H24N6O3. The Morgan fingerprint density at radius 1 is 1.20 bits per heavy atom. The lowest BCUT2D eigenvalue weighted by atomic mass is 9.72. The summed E-state index contributed by atoms with van der Waals surface area (Å²) in [5.41, 5.74) is 1.19. The summed E-state index contributed by atoms with van der Waals surface area (Å²) >= 11 is 0. The van der Waals surface area contributed by atoms with Gasteiger partial charge in [-0.1, -0.05) is 0 Å². The van der Waals surface area contributed by atoms with Gasteiger partial charge in [-0.3, -0.25) is 14.5 Å². The van der Waals surface area contributed by atoms with Crippen molar-refractivity contribution in [2.45, 2.75) is 32.2 Å². The van der Waals surface area contributed by atoms with E-state index in [-0.39, 0.29) is 17.2 Å². The average Bonchev–Trinajstić information content (AvgIpc) is 3.53. The molecule has 0 bridgehead atoms. The van der Waals surface area contributed by atoms with Crippen molar-refractivity contribution in [2.75, 3.05) is 26.3 Å². The van der Waals surface area contributed by atoms with Gasteiger partial charge in [0.15, 0.2) is 0 Å². The van der Waals surface area contributed by atoms with Crippen LogP contribution in [0.3, 0.4) is 0 Å². The summed E-state index contributed by atoms with van der Waals surface area (Å²) in [7, 11) is 0. The Hall–Kier alpha value is -3.07. The van der Waals surface area contributed by atoms with Gasteiger partial charge in [0.25, 0.3) is 5.91 Å². The molecule has 2 fully saturated rings. The zero-order valence-corrected chi connectivity index (χ0v) is 16.9. The van der Waals surface area contributed by atoms with Gasteiger partial charge in [-0.2, -0.15) is 5.10 Å². The van der Waals surface area contributed by atoms with E-state index in [1.165, 1.54) is 0 Å². The number of pyridine rings is 1.